The normalized spacial score (nSPS) is 30.7. The maximum Gasteiger partial charge on any atom is 0.0192 e. The van der Waals surface area contributed by atoms with Crippen molar-refractivity contribution in [1.29, 1.82) is 0 Å². The lowest BCUT2D eigenvalue weighted by Crippen LogP contribution is -2.49. The first kappa shape index (κ1) is 7.03. The summed E-state index contributed by atoms with van der Waals surface area (Å²) in [7, 11) is 0. The van der Waals surface area contributed by atoms with E-state index in [2.05, 4.69) is 24.1 Å². The van der Waals surface area contributed by atoms with Crippen LogP contribution in [0.1, 0.15) is 13.8 Å². The molecule has 0 aliphatic carbocycles. The van der Waals surface area contributed by atoms with E-state index in [4.69, 9.17) is 0 Å². The molecule has 2 heteroatoms. The molecule has 1 N–H and O–H groups in total. The van der Waals surface area contributed by atoms with Crippen molar-refractivity contribution >= 4 is 0 Å². The Kier molecular flexibility index (Phi) is 2.49. The van der Waals surface area contributed by atoms with Gasteiger partial charge >= 0.3 is 0 Å². The third-order valence-electron chi connectivity index (χ3n) is 2.05. The van der Waals surface area contributed by atoms with Crippen molar-refractivity contribution in [2.24, 2.45) is 0 Å². The molecule has 0 unspecified atom stereocenters. The average molecular weight is 128 g/mol. The minimum absolute atomic E-state index is 0.740. The van der Waals surface area contributed by atoms with Gasteiger partial charge in [0.25, 0.3) is 0 Å². The van der Waals surface area contributed by atoms with Gasteiger partial charge in [-0.3, -0.25) is 4.90 Å². The molecule has 0 saturated carbocycles. The van der Waals surface area contributed by atoms with Crippen LogP contribution in [0.25, 0.3) is 0 Å². The van der Waals surface area contributed by atoms with Gasteiger partial charge in [0, 0.05) is 25.7 Å². The molecule has 54 valence electrons. The van der Waals surface area contributed by atoms with Gasteiger partial charge < -0.3 is 5.32 Å². The van der Waals surface area contributed by atoms with Crippen molar-refractivity contribution in [3.8, 4) is 0 Å². The van der Waals surface area contributed by atoms with Crippen LogP contribution < -0.4 is 5.32 Å². The zero-order chi connectivity index (χ0) is 6.69. The van der Waals surface area contributed by atoms with Crippen LogP contribution in [0, 0.1) is 0 Å². The minimum Gasteiger partial charge on any atom is -0.314 e. The van der Waals surface area contributed by atoms with Gasteiger partial charge in [0.1, 0.15) is 0 Å². The molecule has 1 aliphatic heterocycles. The molecule has 0 aromatic carbocycles. The van der Waals surface area contributed by atoms with Gasteiger partial charge in [0.2, 0.25) is 0 Å². The Labute approximate surface area is 57.2 Å². The van der Waals surface area contributed by atoms with E-state index in [1.54, 1.807) is 0 Å². The van der Waals surface area contributed by atoms with Crippen molar-refractivity contribution in [2.75, 3.05) is 26.2 Å². The molecule has 2 nitrogen and oxygen atoms in total. The maximum atomic E-state index is 3.36. The van der Waals surface area contributed by atoms with Crippen LogP contribution in [0.15, 0.2) is 0 Å². The fraction of sp³-hybridized carbons (Fsp3) is 1.00. The Morgan fingerprint density at radius 2 is 2.44 bits per heavy atom. The van der Waals surface area contributed by atoms with Crippen LogP contribution in [0.2, 0.25) is 0 Å². The lowest BCUT2D eigenvalue weighted by atomic mass is 10.2. The van der Waals surface area contributed by atoms with Gasteiger partial charge in [-0.05, 0) is 13.5 Å². The molecule has 9 heavy (non-hydrogen) atoms. The second-order valence-corrected chi connectivity index (χ2v) is 2.68. The molecule has 0 radical (unpaired) electrons. The molecule has 1 aliphatic rings. The van der Waals surface area contributed by atoms with Crippen molar-refractivity contribution in [1.82, 2.24) is 10.2 Å². The average Bonchev–Trinajstić information content (AvgIpc) is 1.89. The molecule has 1 atom stereocenters. The van der Waals surface area contributed by atoms with Gasteiger partial charge in [0.15, 0.2) is 0 Å². The monoisotopic (exact) mass is 128 g/mol. The number of nitrogens with one attached hydrogen (secondary N) is 1. The molecule has 0 amide bonds. The van der Waals surface area contributed by atoms with Crippen LogP contribution in [0.5, 0.6) is 0 Å². The molecule has 0 spiro atoms. The van der Waals surface area contributed by atoms with E-state index in [0.717, 1.165) is 19.1 Å². The summed E-state index contributed by atoms with van der Waals surface area (Å²) in [4.78, 5) is 2.50. The summed E-state index contributed by atoms with van der Waals surface area (Å²) in [5.41, 5.74) is 0. The van der Waals surface area contributed by atoms with Crippen molar-refractivity contribution < 1.29 is 0 Å². The predicted molar refractivity (Wildman–Crippen MR) is 39.6 cm³/mol. The predicted octanol–water partition coefficient (Wildman–Crippen LogP) is 0.300. The second kappa shape index (κ2) is 3.18. The quantitative estimate of drug-likeness (QED) is 0.546. The highest BCUT2D eigenvalue weighted by atomic mass is 15.2. The number of rotatable bonds is 1. The highest BCUT2D eigenvalue weighted by Crippen LogP contribution is 1.99. The van der Waals surface area contributed by atoms with Gasteiger partial charge in [-0.1, -0.05) is 6.92 Å². The summed E-state index contributed by atoms with van der Waals surface area (Å²) in [6, 6.07) is 0.740. The fourth-order valence-electron chi connectivity index (χ4n) is 1.35. The summed E-state index contributed by atoms with van der Waals surface area (Å²) < 4.78 is 0. The number of piperazine rings is 1. The minimum atomic E-state index is 0.740. The summed E-state index contributed by atoms with van der Waals surface area (Å²) in [6.45, 7) is 9.24. The maximum absolute atomic E-state index is 3.36. The number of nitrogens with zero attached hydrogens (tertiary/aromatic N) is 1. The number of hydrogen-bond donors (Lipinski definition) is 1. The van der Waals surface area contributed by atoms with E-state index in [1.165, 1.54) is 13.1 Å². The van der Waals surface area contributed by atoms with E-state index < -0.39 is 0 Å². The Balaban J connectivity index is 2.30. The molecule has 0 bridgehead atoms. The van der Waals surface area contributed by atoms with Crippen LogP contribution >= 0.6 is 0 Å². The Hall–Kier alpha value is -0.0800. The smallest absolute Gasteiger partial charge is 0.0192 e. The molecule has 1 fully saturated rings. The topological polar surface area (TPSA) is 15.3 Å². The van der Waals surface area contributed by atoms with Crippen LogP contribution in [-0.4, -0.2) is 37.1 Å². The number of hydrogen-bond acceptors (Lipinski definition) is 2. The Bertz CT molecular complexity index is 83.0. The Morgan fingerprint density at radius 1 is 1.67 bits per heavy atom. The van der Waals surface area contributed by atoms with E-state index in [1.807, 2.05) is 0 Å². The SMILES string of the molecule is CCN1CCNC[C@@H]1C. The van der Waals surface area contributed by atoms with Gasteiger partial charge in [0.05, 0.1) is 0 Å². The van der Waals surface area contributed by atoms with Gasteiger partial charge in [-0.2, -0.15) is 0 Å². The first-order valence-electron chi connectivity index (χ1n) is 3.79. The van der Waals surface area contributed by atoms with Crippen molar-refractivity contribution in [2.45, 2.75) is 19.9 Å². The van der Waals surface area contributed by atoms with E-state index >= 15 is 0 Å². The fourth-order valence-corrected chi connectivity index (χ4v) is 1.35. The summed E-state index contributed by atoms with van der Waals surface area (Å²) in [5, 5.41) is 3.36. The van der Waals surface area contributed by atoms with Crippen LogP contribution in [0.4, 0.5) is 0 Å². The van der Waals surface area contributed by atoms with Crippen LogP contribution in [0.3, 0.4) is 0 Å². The molecule has 1 rings (SSSR count). The third kappa shape index (κ3) is 1.66. The third-order valence-corrected chi connectivity index (χ3v) is 2.05. The van der Waals surface area contributed by atoms with E-state index in [9.17, 15) is 0 Å². The van der Waals surface area contributed by atoms with Crippen LogP contribution in [-0.2, 0) is 0 Å². The van der Waals surface area contributed by atoms with Crippen molar-refractivity contribution in [3.05, 3.63) is 0 Å². The zero-order valence-corrected chi connectivity index (χ0v) is 6.35. The first-order valence-corrected chi connectivity index (χ1v) is 3.79. The number of likely N-dealkylation sites (N-methyl/N-ethyl adjacent to an activating group) is 1. The van der Waals surface area contributed by atoms with Gasteiger partial charge in [-0.25, -0.2) is 0 Å². The summed E-state index contributed by atoms with van der Waals surface area (Å²) in [5.74, 6) is 0. The summed E-state index contributed by atoms with van der Waals surface area (Å²) in [6.07, 6.45) is 0. The second-order valence-electron chi connectivity index (χ2n) is 2.68. The molecule has 1 heterocycles. The van der Waals surface area contributed by atoms with Gasteiger partial charge in [-0.15, -0.1) is 0 Å². The largest absolute Gasteiger partial charge is 0.314 e. The van der Waals surface area contributed by atoms with E-state index in [0.29, 0.717) is 0 Å². The lowest BCUT2D eigenvalue weighted by Gasteiger charge is -2.32. The highest BCUT2D eigenvalue weighted by Gasteiger charge is 2.14. The van der Waals surface area contributed by atoms with E-state index in [-0.39, 0.29) is 0 Å². The highest BCUT2D eigenvalue weighted by molar-refractivity contribution is 4.74. The van der Waals surface area contributed by atoms with Crippen molar-refractivity contribution in [3.63, 3.8) is 0 Å². The standard InChI is InChI=1S/C7H16N2/c1-3-9-5-4-8-6-7(9)2/h7-8H,3-6H2,1-2H3/t7-/m0/s1. The molecule has 0 aromatic heterocycles. The zero-order valence-electron chi connectivity index (χ0n) is 6.35. The molecule has 1 saturated heterocycles. The lowest BCUT2D eigenvalue weighted by molar-refractivity contribution is 0.183. The first-order chi connectivity index (χ1) is 4.34. The molecular formula is C7H16N2. The molecule has 0 aromatic rings. The molecular weight excluding hydrogens is 112 g/mol. The Morgan fingerprint density at radius 3 is 2.89 bits per heavy atom. The summed E-state index contributed by atoms with van der Waals surface area (Å²) >= 11 is 0.